The molecule has 0 atom stereocenters. The summed E-state index contributed by atoms with van der Waals surface area (Å²) in [4.78, 5) is 28.2. The van der Waals surface area contributed by atoms with Crippen molar-refractivity contribution in [1.82, 2.24) is 9.80 Å². The molecule has 6 heteroatoms. The zero-order valence-electron chi connectivity index (χ0n) is 14.7. The Hall–Kier alpha value is -2.08. The Labute approximate surface area is 143 Å². The van der Waals surface area contributed by atoms with Gasteiger partial charge in [0.1, 0.15) is 5.75 Å². The Bertz CT molecular complexity index is 566. The van der Waals surface area contributed by atoms with E-state index in [-0.39, 0.29) is 17.7 Å². The maximum atomic E-state index is 12.3. The summed E-state index contributed by atoms with van der Waals surface area (Å²) in [5.41, 5.74) is 0.693. The fourth-order valence-electron chi connectivity index (χ4n) is 2.74. The number of piperazine rings is 1. The SMILES string of the molecule is CCOc1ccccc1NC(=O)CN1CCN(C(=O)C(C)C)CC1. The molecule has 0 unspecified atom stereocenters. The van der Waals surface area contributed by atoms with E-state index in [0.29, 0.717) is 37.7 Å². The summed E-state index contributed by atoms with van der Waals surface area (Å²) < 4.78 is 5.52. The van der Waals surface area contributed by atoms with Crippen LogP contribution in [0, 0.1) is 5.92 Å². The van der Waals surface area contributed by atoms with Crippen molar-refractivity contribution in [3.8, 4) is 5.75 Å². The van der Waals surface area contributed by atoms with Crippen LogP contribution in [0.4, 0.5) is 5.69 Å². The van der Waals surface area contributed by atoms with E-state index in [4.69, 9.17) is 4.74 Å². The second kappa shape index (κ2) is 8.68. The highest BCUT2D eigenvalue weighted by Crippen LogP contribution is 2.23. The van der Waals surface area contributed by atoms with E-state index in [0.717, 1.165) is 13.1 Å². The molecule has 1 aliphatic heterocycles. The highest BCUT2D eigenvalue weighted by Gasteiger charge is 2.23. The first kappa shape index (κ1) is 18.3. The first-order valence-electron chi connectivity index (χ1n) is 8.54. The van der Waals surface area contributed by atoms with E-state index in [1.807, 2.05) is 49.9 Å². The predicted molar refractivity (Wildman–Crippen MR) is 94.1 cm³/mol. The van der Waals surface area contributed by atoms with Crippen molar-refractivity contribution in [2.45, 2.75) is 20.8 Å². The molecular formula is C18H27N3O3. The highest BCUT2D eigenvalue weighted by atomic mass is 16.5. The van der Waals surface area contributed by atoms with Crippen molar-refractivity contribution < 1.29 is 14.3 Å². The molecule has 0 spiro atoms. The van der Waals surface area contributed by atoms with Crippen molar-refractivity contribution >= 4 is 17.5 Å². The number of benzene rings is 1. The second-order valence-corrected chi connectivity index (χ2v) is 6.23. The second-order valence-electron chi connectivity index (χ2n) is 6.23. The summed E-state index contributed by atoms with van der Waals surface area (Å²) in [6.45, 7) is 9.42. The minimum atomic E-state index is -0.0641. The maximum Gasteiger partial charge on any atom is 0.238 e. The predicted octanol–water partition coefficient (Wildman–Crippen LogP) is 1.82. The Morgan fingerprint density at radius 2 is 1.83 bits per heavy atom. The molecule has 1 heterocycles. The Balaban J connectivity index is 1.83. The number of carbonyl (C=O) groups is 2. The fourth-order valence-corrected chi connectivity index (χ4v) is 2.74. The van der Waals surface area contributed by atoms with Crippen LogP contribution in [0.1, 0.15) is 20.8 Å². The van der Waals surface area contributed by atoms with Crippen LogP contribution in [-0.4, -0.2) is 60.9 Å². The van der Waals surface area contributed by atoms with Crippen molar-refractivity contribution in [2.24, 2.45) is 5.92 Å². The van der Waals surface area contributed by atoms with Gasteiger partial charge >= 0.3 is 0 Å². The van der Waals surface area contributed by atoms with E-state index >= 15 is 0 Å². The third-order valence-electron chi connectivity index (χ3n) is 4.01. The lowest BCUT2D eigenvalue weighted by atomic mass is 10.1. The normalized spacial score (nSPS) is 15.4. The number of nitrogens with zero attached hydrogens (tertiary/aromatic N) is 2. The number of carbonyl (C=O) groups excluding carboxylic acids is 2. The lowest BCUT2D eigenvalue weighted by Crippen LogP contribution is -2.51. The fraction of sp³-hybridized carbons (Fsp3) is 0.556. The number of ether oxygens (including phenoxy) is 1. The molecule has 0 aliphatic carbocycles. The van der Waals surface area contributed by atoms with E-state index in [9.17, 15) is 9.59 Å². The van der Waals surface area contributed by atoms with Gasteiger partial charge in [0, 0.05) is 32.1 Å². The van der Waals surface area contributed by atoms with Gasteiger partial charge in [-0.15, -0.1) is 0 Å². The molecule has 1 saturated heterocycles. The Morgan fingerprint density at radius 1 is 1.17 bits per heavy atom. The molecule has 1 aliphatic rings. The van der Waals surface area contributed by atoms with Crippen LogP contribution >= 0.6 is 0 Å². The summed E-state index contributed by atoms with van der Waals surface area (Å²) in [6.07, 6.45) is 0. The Kier molecular flexibility index (Phi) is 6.61. The van der Waals surface area contributed by atoms with E-state index < -0.39 is 0 Å². The molecule has 132 valence electrons. The quantitative estimate of drug-likeness (QED) is 0.863. The van der Waals surface area contributed by atoms with E-state index in [1.54, 1.807) is 0 Å². The van der Waals surface area contributed by atoms with Gasteiger partial charge < -0.3 is 15.0 Å². The molecule has 2 amide bonds. The van der Waals surface area contributed by atoms with E-state index in [1.165, 1.54) is 0 Å². The molecule has 24 heavy (non-hydrogen) atoms. The molecular weight excluding hydrogens is 306 g/mol. The molecule has 1 N–H and O–H groups in total. The molecule has 0 saturated carbocycles. The summed E-state index contributed by atoms with van der Waals surface area (Å²) >= 11 is 0. The van der Waals surface area contributed by atoms with E-state index in [2.05, 4.69) is 10.2 Å². The van der Waals surface area contributed by atoms with Gasteiger partial charge in [-0.05, 0) is 19.1 Å². The highest BCUT2D eigenvalue weighted by molar-refractivity contribution is 5.93. The van der Waals surface area contributed by atoms with Gasteiger partial charge in [-0.2, -0.15) is 0 Å². The average Bonchev–Trinajstić information content (AvgIpc) is 2.57. The summed E-state index contributed by atoms with van der Waals surface area (Å²) in [6, 6.07) is 7.43. The van der Waals surface area contributed by atoms with Crippen molar-refractivity contribution in [1.29, 1.82) is 0 Å². The third-order valence-corrected chi connectivity index (χ3v) is 4.01. The smallest absolute Gasteiger partial charge is 0.238 e. The van der Waals surface area contributed by atoms with Crippen LogP contribution in [0.25, 0.3) is 0 Å². The molecule has 1 aromatic carbocycles. The standard InChI is InChI=1S/C18H27N3O3/c1-4-24-16-8-6-5-7-15(16)19-17(22)13-20-9-11-21(12-10-20)18(23)14(2)3/h5-8,14H,4,9-13H2,1-3H3,(H,19,22). The van der Waals surface area contributed by atoms with Gasteiger partial charge in [0.25, 0.3) is 0 Å². The van der Waals surface area contributed by atoms with Crippen molar-refractivity contribution in [3.05, 3.63) is 24.3 Å². The topological polar surface area (TPSA) is 61.9 Å². The van der Waals surface area contributed by atoms with Crippen LogP contribution in [-0.2, 0) is 9.59 Å². The number of amides is 2. The van der Waals surface area contributed by atoms with Crippen LogP contribution in [0.2, 0.25) is 0 Å². The lowest BCUT2D eigenvalue weighted by Gasteiger charge is -2.35. The van der Waals surface area contributed by atoms with Gasteiger partial charge in [0.2, 0.25) is 11.8 Å². The largest absolute Gasteiger partial charge is 0.492 e. The van der Waals surface area contributed by atoms with Gasteiger partial charge in [0.05, 0.1) is 18.8 Å². The molecule has 0 bridgehead atoms. The average molecular weight is 333 g/mol. The van der Waals surface area contributed by atoms with Gasteiger partial charge in [-0.3, -0.25) is 14.5 Å². The van der Waals surface area contributed by atoms with Crippen molar-refractivity contribution in [3.63, 3.8) is 0 Å². The minimum Gasteiger partial charge on any atom is -0.492 e. The number of hydrogen-bond acceptors (Lipinski definition) is 4. The van der Waals surface area contributed by atoms with Crippen molar-refractivity contribution in [2.75, 3.05) is 44.6 Å². The summed E-state index contributed by atoms with van der Waals surface area (Å²) in [5.74, 6) is 0.825. The van der Waals surface area contributed by atoms with Crippen LogP contribution in [0.5, 0.6) is 5.75 Å². The van der Waals surface area contributed by atoms with Crippen LogP contribution in [0.15, 0.2) is 24.3 Å². The summed E-state index contributed by atoms with van der Waals surface area (Å²) in [5, 5.41) is 2.91. The summed E-state index contributed by atoms with van der Waals surface area (Å²) in [7, 11) is 0. The zero-order chi connectivity index (χ0) is 17.5. The monoisotopic (exact) mass is 333 g/mol. The Morgan fingerprint density at radius 3 is 2.46 bits per heavy atom. The molecule has 2 rings (SSSR count). The molecule has 0 radical (unpaired) electrons. The number of para-hydroxylation sites is 2. The van der Waals surface area contributed by atoms with Gasteiger partial charge in [-0.25, -0.2) is 0 Å². The molecule has 6 nitrogen and oxygen atoms in total. The lowest BCUT2D eigenvalue weighted by molar-refractivity contribution is -0.136. The number of anilines is 1. The molecule has 0 aromatic heterocycles. The zero-order valence-corrected chi connectivity index (χ0v) is 14.7. The molecule has 1 aromatic rings. The number of hydrogen-bond donors (Lipinski definition) is 1. The maximum absolute atomic E-state index is 12.3. The number of nitrogens with one attached hydrogen (secondary N) is 1. The third kappa shape index (κ3) is 4.96. The van der Waals surface area contributed by atoms with Crippen LogP contribution < -0.4 is 10.1 Å². The van der Waals surface area contributed by atoms with Crippen LogP contribution in [0.3, 0.4) is 0 Å². The minimum absolute atomic E-state index is 0.0231. The molecule has 1 fully saturated rings. The van der Waals surface area contributed by atoms with Gasteiger partial charge in [0.15, 0.2) is 0 Å². The van der Waals surface area contributed by atoms with Gasteiger partial charge in [-0.1, -0.05) is 26.0 Å². The first-order valence-corrected chi connectivity index (χ1v) is 8.54. The first-order chi connectivity index (χ1) is 11.5. The number of rotatable bonds is 6.